The van der Waals surface area contributed by atoms with Gasteiger partial charge in [-0.2, -0.15) is 0 Å². The van der Waals surface area contributed by atoms with Crippen molar-refractivity contribution in [3.8, 4) is 17.1 Å². The van der Waals surface area contributed by atoms with Crippen molar-refractivity contribution in [2.75, 3.05) is 0 Å². The smallest absolute Gasteiger partial charge is 0.299 e. The fourth-order valence-corrected chi connectivity index (χ4v) is 3.07. The topological polar surface area (TPSA) is 17.8 Å². The van der Waals surface area contributed by atoms with E-state index in [0.717, 1.165) is 11.4 Å². The van der Waals surface area contributed by atoms with E-state index in [0.29, 0.717) is 11.8 Å². The van der Waals surface area contributed by atoms with Crippen molar-refractivity contribution in [1.29, 1.82) is 0 Å². The molecule has 0 bridgehead atoms. The summed E-state index contributed by atoms with van der Waals surface area (Å²) >= 11 is 0. The number of imidazole rings is 1. The van der Waals surface area contributed by atoms with E-state index in [1.54, 1.807) is 0 Å². The van der Waals surface area contributed by atoms with Crippen LogP contribution >= 0.6 is 0 Å². The van der Waals surface area contributed by atoms with Gasteiger partial charge in [0.25, 0.3) is 0 Å². The first-order chi connectivity index (χ1) is 11.1. The number of benzene rings is 2. The number of nitrogens with zero attached hydrogens (tertiary/aromatic N) is 2. The number of aromatic nitrogens is 2. The Hall–Kier alpha value is -1.73. The summed E-state index contributed by atoms with van der Waals surface area (Å²) < 4.78 is 2.25. The quantitative estimate of drug-likeness (QED) is 0.503. The summed E-state index contributed by atoms with van der Waals surface area (Å²) in [6, 6.07) is 17.0. The van der Waals surface area contributed by atoms with Crippen molar-refractivity contribution in [2.45, 2.75) is 39.5 Å². The monoisotopic (exact) mass is 406 g/mol. The Morgan fingerprint density at radius 2 is 1.38 bits per heavy atom. The molecular weight excluding hydrogens is 381 g/mol. The van der Waals surface area contributed by atoms with Crippen LogP contribution in [0.4, 0.5) is 0 Å². The minimum absolute atomic E-state index is 0. The summed E-state index contributed by atoms with van der Waals surface area (Å²) in [5, 5.41) is 0. The molecule has 0 N–H and O–H groups in total. The van der Waals surface area contributed by atoms with Crippen molar-refractivity contribution in [3.63, 3.8) is 0 Å². The standard InChI is InChI=1S/C21H24N2.Ru/c1-15(2)18-11-8-12-19(16(3)4)20(18)23-14-13-22-21(23)17-9-6-5-7-10-17;/h5-16H,1-4H3;/q;+3. The average Bonchev–Trinajstić information content (AvgIpc) is 3.04. The molecule has 3 rings (SSSR count). The Bertz CT molecular complexity index is 762. The van der Waals surface area contributed by atoms with Crippen LogP contribution in [0, 0.1) is 0 Å². The summed E-state index contributed by atoms with van der Waals surface area (Å²) in [4.78, 5) is 4.63. The van der Waals surface area contributed by atoms with Gasteiger partial charge in [-0.25, -0.2) is 4.98 Å². The molecule has 1 aromatic heterocycles. The van der Waals surface area contributed by atoms with Gasteiger partial charge in [0.15, 0.2) is 0 Å². The van der Waals surface area contributed by atoms with E-state index in [1.807, 2.05) is 12.3 Å². The van der Waals surface area contributed by atoms with Crippen molar-refractivity contribution in [3.05, 3.63) is 72.1 Å². The van der Waals surface area contributed by atoms with Crippen molar-refractivity contribution < 1.29 is 19.5 Å². The van der Waals surface area contributed by atoms with Crippen LogP contribution < -0.4 is 0 Å². The first kappa shape index (κ1) is 18.6. The molecule has 2 aromatic carbocycles. The Morgan fingerprint density at radius 1 is 0.792 bits per heavy atom. The normalized spacial score (nSPS) is 10.9. The molecule has 0 fully saturated rings. The summed E-state index contributed by atoms with van der Waals surface area (Å²) in [7, 11) is 0. The maximum absolute atomic E-state index is 4.63. The molecule has 123 valence electrons. The number of hydrogen-bond donors (Lipinski definition) is 0. The molecule has 0 aliphatic heterocycles. The molecule has 0 spiro atoms. The van der Waals surface area contributed by atoms with Gasteiger partial charge >= 0.3 is 19.5 Å². The molecule has 0 aliphatic rings. The van der Waals surface area contributed by atoms with Gasteiger partial charge in [0.1, 0.15) is 5.82 Å². The molecular formula is C21H24N2Ru+3. The van der Waals surface area contributed by atoms with E-state index in [-0.39, 0.29) is 19.5 Å². The second-order valence-electron chi connectivity index (χ2n) is 6.58. The second-order valence-corrected chi connectivity index (χ2v) is 6.58. The van der Waals surface area contributed by atoms with E-state index >= 15 is 0 Å². The Morgan fingerprint density at radius 3 is 1.92 bits per heavy atom. The third-order valence-electron chi connectivity index (χ3n) is 4.26. The number of rotatable bonds is 4. The fourth-order valence-electron chi connectivity index (χ4n) is 3.07. The zero-order valence-corrected chi connectivity index (χ0v) is 16.4. The average molecular weight is 406 g/mol. The van der Waals surface area contributed by atoms with E-state index < -0.39 is 0 Å². The van der Waals surface area contributed by atoms with Crippen LogP contribution in [-0.4, -0.2) is 9.55 Å². The van der Waals surface area contributed by atoms with Gasteiger partial charge in [-0.1, -0.05) is 76.2 Å². The maximum Gasteiger partial charge on any atom is 3.00 e. The Kier molecular flexibility index (Phi) is 6.12. The molecule has 2 nitrogen and oxygen atoms in total. The van der Waals surface area contributed by atoms with E-state index in [4.69, 9.17) is 0 Å². The van der Waals surface area contributed by atoms with Gasteiger partial charge in [-0.05, 0) is 23.0 Å². The van der Waals surface area contributed by atoms with E-state index in [1.165, 1.54) is 16.8 Å². The van der Waals surface area contributed by atoms with Crippen molar-refractivity contribution in [1.82, 2.24) is 9.55 Å². The number of hydrogen-bond acceptors (Lipinski definition) is 1. The van der Waals surface area contributed by atoms with Crippen LogP contribution in [0.15, 0.2) is 60.9 Å². The number of para-hydroxylation sites is 1. The van der Waals surface area contributed by atoms with Crippen molar-refractivity contribution in [2.24, 2.45) is 0 Å². The van der Waals surface area contributed by atoms with Crippen LogP contribution in [0.3, 0.4) is 0 Å². The molecule has 24 heavy (non-hydrogen) atoms. The molecule has 0 amide bonds. The zero-order valence-electron chi connectivity index (χ0n) is 14.7. The summed E-state index contributed by atoms with van der Waals surface area (Å²) in [5.41, 5.74) is 5.16. The van der Waals surface area contributed by atoms with Gasteiger partial charge in [-0.15, -0.1) is 0 Å². The predicted octanol–water partition coefficient (Wildman–Crippen LogP) is 5.78. The molecule has 0 aliphatic carbocycles. The molecule has 1 radical (unpaired) electrons. The fraction of sp³-hybridized carbons (Fsp3) is 0.286. The second kappa shape index (κ2) is 7.90. The molecule has 0 atom stereocenters. The molecule has 1 heterocycles. The zero-order chi connectivity index (χ0) is 16.4. The van der Waals surface area contributed by atoms with Gasteiger partial charge in [0.05, 0.1) is 5.69 Å². The summed E-state index contributed by atoms with van der Waals surface area (Å²) in [6.45, 7) is 9.01. The van der Waals surface area contributed by atoms with Crippen LogP contribution in [-0.2, 0) is 19.5 Å². The molecule has 0 saturated carbocycles. The third-order valence-corrected chi connectivity index (χ3v) is 4.26. The van der Waals surface area contributed by atoms with Crippen LogP contribution in [0.25, 0.3) is 17.1 Å². The van der Waals surface area contributed by atoms with Gasteiger partial charge < -0.3 is 0 Å². The van der Waals surface area contributed by atoms with Crippen LogP contribution in [0.5, 0.6) is 0 Å². The van der Waals surface area contributed by atoms with E-state index in [9.17, 15) is 0 Å². The summed E-state index contributed by atoms with van der Waals surface area (Å²) in [5.74, 6) is 1.94. The molecule has 0 saturated heterocycles. The Labute approximate surface area is 157 Å². The third kappa shape index (κ3) is 3.52. The molecule has 3 aromatic rings. The Balaban J connectivity index is 0.00000208. The van der Waals surface area contributed by atoms with Gasteiger partial charge in [-0.3, -0.25) is 4.57 Å². The van der Waals surface area contributed by atoms with Crippen LogP contribution in [0.1, 0.15) is 50.7 Å². The largest absolute Gasteiger partial charge is 3.00 e. The SMILES string of the molecule is CC(C)c1cccc(C(C)C)c1-n1ccnc1-c1ccccc1.[Ru+3]. The minimum Gasteiger partial charge on any atom is -0.299 e. The van der Waals surface area contributed by atoms with Gasteiger partial charge in [0.2, 0.25) is 0 Å². The maximum atomic E-state index is 4.63. The summed E-state index contributed by atoms with van der Waals surface area (Å²) in [6.07, 6.45) is 3.97. The minimum atomic E-state index is 0. The van der Waals surface area contributed by atoms with Crippen molar-refractivity contribution >= 4 is 0 Å². The first-order valence-corrected chi connectivity index (χ1v) is 8.31. The van der Waals surface area contributed by atoms with Crippen LogP contribution in [0.2, 0.25) is 0 Å². The predicted molar refractivity (Wildman–Crippen MR) is 97.2 cm³/mol. The molecule has 0 unspecified atom stereocenters. The first-order valence-electron chi connectivity index (χ1n) is 8.31. The molecule has 3 heteroatoms. The van der Waals surface area contributed by atoms with E-state index in [2.05, 4.69) is 85.9 Å². The van der Waals surface area contributed by atoms with Gasteiger partial charge in [0, 0.05) is 18.0 Å².